The van der Waals surface area contributed by atoms with E-state index in [1.54, 1.807) is 0 Å². The van der Waals surface area contributed by atoms with Crippen molar-refractivity contribution in [3.63, 3.8) is 0 Å². The summed E-state index contributed by atoms with van der Waals surface area (Å²) in [7, 11) is 0.748. The number of nitrogens with zero attached hydrogens (tertiary/aromatic N) is 2. The predicted molar refractivity (Wildman–Crippen MR) is 31.3 cm³/mol. The largest absolute Gasteiger partial charge is 0.491 e. The normalized spacial score (nSPS) is 9.50. The van der Waals surface area contributed by atoms with Crippen LogP contribution in [0.3, 0.4) is 0 Å². The van der Waals surface area contributed by atoms with Gasteiger partial charge >= 0.3 is 6.18 Å². The van der Waals surface area contributed by atoms with Crippen LogP contribution in [0.15, 0.2) is 11.3 Å². The third-order valence-electron chi connectivity index (χ3n) is 0.912. The van der Waals surface area contributed by atoms with Crippen LogP contribution in [0.1, 0.15) is 0 Å². The molecular formula is C6H3F3N2O. The van der Waals surface area contributed by atoms with Gasteiger partial charge < -0.3 is 4.74 Å². The lowest BCUT2D eigenvalue weighted by Gasteiger charge is -2.08. The number of hydrogen-bond acceptors (Lipinski definition) is 3. The topological polar surface area (TPSA) is 56.8 Å². The molecule has 64 valence electrons. The molecule has 3 nitrogen and oxygen atoms in total. The summed E-state index contributed by atoms with van der Waals surface area (Å²) in [5.41, 5.74) is -1.08. The summed E-state index contributed by atoms with van der Waals surface area (Å²) in [5, 5.41) is 16.2. The van der Waals surface area contributed by atoms with Crippen molar-refractivity contribution in [3.05, 3.63) is 11.3 Å². The van der Waals surface area contributed by atoms with Crippen LogP contribution in [0.4, 0.5) is 13.2 Å². The zero-order valence-corrected chi connectivity index (χ0v) is 5.94. The number of hydrogen-bond donors (Lipinski definition) is 0. The first-order chi connectivity index (χ1) is 5.47. The molecule has 0 unspecified atom stereocenters. The number of halogens is 3. The van der Waals surface area contributed by atoms with Gasteiger partial charge in [0.05, 0.1) is 7.11 Å². The minimum absolute atomic E-state index is 0.748. The highest BCUT2D eigenvalue weighted by atomic mass is 19.4. The van der Waals surface area contributed by atoms with Crippen LogP contribution in [0.2, 0.25) is 0 Å². The molecule has 6 heteroatoms. The van der Waals surface area contributed by atoms with E-state index in [0.717, 1.165) is 19.2 Å². The molecule has 0 aromatic carbocycles. The van der Waals surface area contributed by atoms with Crippen LogP contribution >= 0.6 is 0 Å². The van der Waals surface area contributed by atoms with Gasteiger partial charge in [-0.2, -0.15) is 23.7 Å². The molecular weight excluding hydrogens is 173 g/mol. The molecule has 0 aliphatic heterocycles. The van der Waals surface area contributed by atoms with E-state index >= 15 is 0 Å². The Bertz CT molecular complexity index is 263. The molecule has 0 atom stereocenters. The Balaban J connectivity index is 5.18. The van der Waals surface area contributed by atoms with Gasteiger partial charge in [0.15, 0.2) is 5.57 Å². The fourth-order valence-electron chi connectivity index (χ4n) is 0.486. The van der Waals surface area contributed by atoms with Crippen LogP contribution in [0.5, 0.6) is 0 Å². The minimum atomic E-state index is -4.80. The Hall–Kier alpha value is -1.69. The Labute approximate surface area is 66.3 Å². The second-order valence-electron chi connectivity index (χ2n) is 1.63. The molecule has 0 N–H and O–H groups in total. The molecule has 0 bridgehead atoms. The lowest BCUT2D eigenvalue weighted by Crippen LogP contribution is -2.15. The summed E-state index contributed by atoms with van der Waals surface area (Å²) in [6, 6.07) is 2.17. The van der Waals surface area contributed by atoms with Gasteiger partial charge in [-0.05, 0) is 0 Å². The lowest BCUT2D eigenvalue weighted by atomic mass is 10.2. The van der Waals surface area contributed by atoms with Crippen molar-refractivity contribution >= 4 is 0 Å². The smallest absolute Gasteiger partial charge is 0.451 e. The van der Waals surface area contributed by atoms with E-state index in [0.29, 0.717) is 0 Å². The van der Waals surface area contributed by atoms with Crippen LogP contribution < -0.4 is 0 Å². The first kappa shape index (κ1) is 10.3. The number of methoxy groups -OCH3 is 1. The highest BCUT2D eigenvalue weighted by Gasteiger charge is 2.38. The van der Waals surface area contributed by atoms with Gasteiger partial charge in [0.25, 0.3) is 0 Å². The maximum Gasteiger partial charge on any atom is 0.451 e. The van der Waals surface area contributed by atoms with Crippen LogP contribution in [0, 0.1) is 22.7 Å². The fraction of sp³-hybridized carbons (Fsp3) is 0.333. The predicted octanol–water partition coefficient (Wildman–Crippen LogP) is 1.50. The number of nitriles is 2. The monoisotopic (exact) mass is 176 g/mol. The molecule has 0 heterocycles. The summed E-state index contributed by atoms with van der Waals surface area (Å²) in [5.74, 6) is -1.56. The van der Waals surface area contributed by atoms with E-state index in [1.165, 1.54) is 0 Å². The minimum Gasteiger partial charge on any atom is -0.491 e. The number of alkyl halides is 3. The van der Waals surface area contributed by atoms with Crippen molar-refractivity contribution in [1.82, 2.24) is 0 Å². The van der Waals surface area contributed by atoms with Crippen LogP contribution in [-0.4, -0.2) is 13.3 Å². The summed E-state index contributed by atoms with van der Waals surface area (Å²) in [4.78, 5) is 0. The third kappa shape index (κ3) is 2.17. The molecule has 0 fully saturated rings. The SMILES string of the molecule is COC(=C(C#N)C#N)C(F)(F)F. The van der Waals surface area contributed by atoms with E-state index in [4.69, 9.17) is 10.5 Å². The first-order valence-electron chi connectivity index (χ1n) is 2.63. The molecule has 0 spiro atoms. The first-order valence-corrected chi connectivity index (χ1v) is 2.63. The van der Waals surface area contributed by atoms with Crippen LogP contribution in [0.25, 0.3) is 0 Å². The highest BCUT2D eigenvalue weighted by molar-refractivity contribution is 5.39. The van der Waals surface area contributed by atoms with Crippen LogP contribution in [-0.2, 0) is 4.74 Å². The molecule has 0 aromatic rings. The standard InChI is InChI=1S/C6H3F3N2O/c1-12-5(6(7,8)9)4(2-10)3-11/h1H3. The number of rotatable bonds is 1. The fourth-order valence-corrected chi connectivity index (χ4v) is 0.486. The Morgan fingerprint density at radius 3 is 1.75 bits per heavy atom. The zero-order chi connectivity index (χ0) is 9.78. The van der Waals surface area contributed by atoms with Gasteiger partial charge in [0.1, 0.15) is 12.1 Å². The van der Waals surface area contributed by atoms with Crippen molar-refractivity contribution in [2.24, 2.45) is 0 Å². The Kier molecular flexibility index (Phi) is 3.12. The molecule has 0 amide bonds. The van der Waals surface area contributed by atoms with E-state index < -0.39 is 17.5 Å². The zero-order valence-electron chi connectivity index (χ0n) is 5.94. The van der Waals surface area contributed by atoms with E-state index in [2.05, 4.69) is 4.74 Å². The number of allylic oxidation sites excluding steroid dienone is 2. The lowest BCUT2D eigenvalue weighted by molar-refractivity contribution is -0.126. The van der Waals surface area contributed by atoms with E-state index in [1.807, 2.05) is 0 Å². The molecule has 0 saturated heterocycles. The van der Waals surface area contributed by atoms with Gasteiger partial charge in [-0.25, -0.2) is 0 Å². The molecule has 0 radical (unpaired) electrons. The van der Waals surface area contributed by atoms with Crippen molar-refractivity contribution in [2.75, 3.05) is 7.11 Å². The molecule has 0 saturated carbocycles. The average Bonchev–Trinajstić information content (AvgIpc) is 1.97. The highest BCUT2D eigenvalue weighted by Crippen LogP contribution is 2.28. The summed E-state index contributed by atoms with van der Waals surface area (Å²) < 4.78 is 39.4. The maximum atomic E-state index is 11.9. The van der Waals surface area contributed by atoms with E-state index in [9.17, 15) is 13.2 Å². The van der Waals surface area contributed by atoms with Gasteiger partial charge in [-0.15, -0.1) is 0 Å². The quantitative estimate of drug-likeness (QED) is 0.449. The summed E-state index contributed by atoms with van der Waals surface area (Å²) in [6.07, 6.45) is -4.80. The maximum absolute atomic E-state index is 11.9. The van der Waals surface area contributed by atoms with Crippen molar-refractivity contribution < 1.29 is 17.9 Å². The molecule has 0 aliphatic rings. The molecule has 12 heavy (non-hydrogen) atoms. The van der Waals surface area contributed by atoms with Gasteiger partial charge in [-0.3, -0.25) is 0 Å². The van der Waals surface area contributed by atoms with Gasteiger partial charge in [0.2, 0.25) is 5.76 Å². The molecule has 0 rings (SSSR count). The Morgan fingerprint density at radius 1 is 1.25 bits per heavy atom. The average molecular weight is 176 g/mol. The second-order valence-corrected chi connectivity index (χ2v) is 1.63. The summed E-state index contributed by atoms with van der Waals surface area (Å²) >= 11 is 0. The molecule has 0 aromatic heterocycles. The van der Waals surface area contributed by atoms with Crippen molar-refractivity contribution in [2.45, 2.75) is 6.18 Å². The third-order valence-corrected chi connectivity index (χ3v) is 0.912. The van der Waals surface area contributed by atoms with E-state index in [-0.39, 0.29) is 0 Å². The molecule has 0 aliphatic carbocycles. The van der Waals surface area contributed by atoms with Gasteiger partial charge in [-0.1, -0.05) is 0 Å². The van der Waals surface area contributed by atoms with Crippen molar-refractivity contribution in [3.8, 4) is 12.1 Å². The van der Waals surface area contributed by atoms with Crippen molar-refractivity contribution in [1.29, 1.82) is 10.5 Å². The summed E-state index contributed by atoms with van der Waals surface area (Å²) in [6.45, 7) is 0. The number of ether oxygens (including phenoxy) is 1. The van der Waals surface area contributed by atoms with Gasteiger partial charge in [0, 0.05) is 0 Å². The second kappa shape index (κ2) is 3.63. The Morgan fingerprint density at radius 2 is 1.67 bits per heavy atom.